The monoisotopic (exact) mass is 542 g/mol. The van der Waals surface area contributed by atoms with Crippen LogP contribution in [0.2, 0.25) is 0 Å². The van der Waals surface area contributed by atoms with E-state index in [2.05, 4.69) is 55.7 Å². The largest absolute Gasteiger partial charge is 0.444 e. The Balaban J connectivity index is 1.60. The van der Waals surface area contributed by atoms with Gasteiger partial charge in [-0.05, 0) is 74.3 Å². The van der Waals surface area contributed by atoms with Crippen LogP contribution in [-0.4, -0.2) is 35.0 Å². The molecule has 1 unspecified atom stereocenters. The zero-order chi connectivity index (χ0) is 28.6. The van der Waals surface area contributed by atoms with Gasteiger partial charge in [-0.1, -0.05) is 64.3 Å². The molecule has 2 aliphatic carbocycles. The summed E-state index contributed by atoms with van der Waals surface area (Å²) in [4.78, 5) is 12.8. The number of hydrogen-bond donors (Lipinski definition) is 3. The van der Waals surface area contributed by atoms with E-state index in [1.54, 1.807) is 20.8 Å². The number of carbonyl (C=O) groups excluding carboxylic acids is 1. The number of halogens is 2. The number of nitrogens with one attached hydrogen (secondary N) is 2. The minimum atomic E-state index is -1.10. The van der Waals surface area contributed by atoms with Crippen LogP contribution in [0.1, 0.15) is 103 Å². The highest BCUT2D eigenvalue weighted by molar-refractivity contribution is 5.70. The number of alkyl carbamates (subject to hydrolysis) is 1. The summed E-state index contributed by atoms with van der Waals surface area (Å²) in [7, 11) is 0. The predicted molar refractivity (Wildman–Crippen MR) is 150 cm³/mol. The van der Waals surface area contributed by atoms with Crippen LogP contribution in [0.3, 0.4) is 0 Å². The van der Waals surface area contributed by atoms with Gasteiger partial charge < -0.3 is 20.5 Å². The van der Waals surface area contributed by atoms with Crippen molar-refractivity contribution < 1.29 is 23.4 Å². The average molecular weight is 543 g/mol. The van der Waals surface area contributed by atoms with Crippen LogP contribution < -0.4 is 10.6 Å². The van der Waals surface area contributed by atoms with E-state index in [1.165, 1.54) is 29.7 Å². The summed E-state index contributed by atoms with van der Waals surface area (Å²) in [5.41, 5.74) is 0.748. The van der Waals surface area contributed by atoms with Crippen LogP contribution >= 0.6 is 0 Å². The maximum atomic E-state index is 14.1. The highest BCUT2D eigenvalue weighted by Gasteiger charge is 2.61. The molecule has 214 valence electrons. The number of aliphatic hydroxyl groups excluding tert-OH is 1. The first-order valence-corrected chi connectivity index (χ1v) is 14.1. The fraction of sp³-hybridized carbons (Fsp3) is 0.594. The first-order chi connectivity index (χ1) is 18.1. The minimum Gasteiger partial charge on any atom is -0.444 e. The minimum absolute atomic E-state index is 0.00818. The molecule has 0 radical (unpaired) electrons. The lowest BCUT2D eigenvalue weighted by Crippen LogP contribution is -2.55. The second-order valence-electron chi connectivity index (χ2n) is 13.5. The molecule has 3 N–H and O–H groups in total. The number of rotatable bonds is 7. The Hall–Kier alpha value is -2.51. The van der Waals surface area contributed by atoms with Gasteiger partial charge in [0.25, 0.3) is 0 Å². The van der Waals surface area contributed by atoms with E-state index in [0.29, 0.717) is 12.0 Å². The fourth-order valence-electron chi connectivity index (χ4n) is 6.03. The third kappa shape index (κ3) is 6.80. The Kier molecular flexibility index (Phi) is 8.17. The van der Waals surface area contributed by atoms with Crippen molar-refractivity contribution >= 4 is 6.09 Å². The molecule has 0 spiro atoms. The van der Waals surface area contributed by atoms with Crippen molar-refractivity contribution in [2.45, 2.75) is 114 Å². The maximum absolute atomic E-state index is 14.1. The van der Waals surface area contributed by atoms with E-state index in [-0.39, 0.29) is 17.5 Å². The highest BCUT2D eigenvalue weighted by atomic mass is 19.1. The summed E-state index contributed by atoms with van der Waals surface area (Å²) in [6.45, 7) is 12.1. The van der Waals surface area contributed by atoms with E-state index < -0.39 is 40.9 Å². The summed E-state index contributed by atoms with van der Waals surface area (Å²) < 4.78 is 33.6. The molecular weight excluding hydrogens is 498 g/mol. The van der Waals surface area contributed by atoms with Crippen LogP contribution in [-0.2, 0) is 15.7 Å². The van der Waals surface area contributed by atoms with Crippen LogP contribution in [0.25, 0.3) is 0 Å². The van der Waals surface area contributed by atoms with E-state index >= 15 is 0 Å². The normalized spacial score (nSPS) is 23.7. The summed E-state index contributed by atoms with van der Waals surface area (Å²) in [6, 6.07) is 12.1. The summed E-state index contributed by atoms with van der Waals surface area (Å²) in [5.74, 6) is -1.82. The lowest BCUT2D eigenvalue weighted by atomic mass is 9.74. The highest BCUT2D eigenvalue weighted by Crippen LogP contribution is 2.54. The molecule has 2 aliphatic rings. The molecule has 39 heavy (non-hydrogen) atoms. The zero-order valence-electron chi connectivity index (χ0n) is 24.2. The fourth-order valence-corrected chi connectivity index (χ4v) is 6.03. The lowest BCUT2D eigenvalue weighted by molar-refractivity contribution is 0.0368. The standard InChI is InChI=1S/C32H44F2N2O3/c1-29(2,3)22-11-10-12-23(17-22)31(13-8-7-9-14-31)35-20-27(37)32(36-28(38)39-30(4,5)6)19-26(32)21-15-24(33)18-25(34)16-21/h10-12,15-18,26-27,35,37H,7-9,13-14,19-20H2,1-6H3,(H,36,38)/t26?,27-,32-/m1/s1. The van der Waals surface area contributed by atoms with Crippen molar-refractivity contribution in [1.82, 2.24) is 10.6 Å². The summed E-state index contributed by atoms with van der Waals surface area (Å²) in [5, 5.41) is 18.2. The molecule has 3 atom stereocenters. The Bertz CT molecular complexity index is 1160. The quantitative estimate of drug-likeness (QED) is 0.359. The van der Waals surface area contributed by atoms with Crippen LogP contribution in [0, 0.1) is 11.6 Å². The number of carbonyl (C=O) groups is 1. The predicted octanol–water partition coefficient (Wildman–Crippen LogP) is 6.82. The number of hydrogen-bond acceptors (Lipinski definition) is 4. The molecule has 0 aromatic heterocycles. The zero-order valence-corrected chi connectivity index (χ0v) is 24.2. The van der Waals surface area contributed by atoms with Crippen molar-refractivity contribution in [1.29, 1.82) is 0 Å². The number of amides is 1. The Labute approximate surface area is 231 Å². The molecule has 0 bridgehead atoms. The van der Waals surface area contributed by atoms with Gasteiger partial charge in [0, 0.05) is 24.1 Å². The molecule has 2 fully saturated rings. The van der Waals surface area contributed by atoms with Crippen LogP contribution in [0.5, 0.6) is 0 Å². The Morgan fingerprint density at radius 3 is 2.26 bits per heavy atom. The second-order valence-corrected chi connectivity index (χ2v) is 13.5. The molecule has 0 heterocycles. The lowest BCUT2D eigenvalue weighted by Gasteiger charge is -2.41. The third-order valence-electron chi connectivity index (χ3n) is 8.24. The molecule has 2 aromatic carbocycles. The van der Waals surface area contributed by atoms with E-state index in [9.17, 15) is 18.7 Å². The van der Waals surface area contributed by atoms with Gasteiger partial charge in [0.2, 0.25) is 0 Å². The summed E-state index contributed by atoms with van der Waals surface area (Å²) in [6.07, 6.45) is 3.89. The van der Waals surface area contributed by atoms with Crippen molar-refractivity contribution in [3.05, 3.63) is 70.8 Å². The first kappa shape index (κ1) is 29.5. The van der Waals surface area contributed by atoms with Gasteiger partial charge in [-0.2, -0.15) is 0 Å². The second kappa shape index (κ2) is 10.8. The maximum Gasteiger partial charge on any atom is 0.408 e. The third-order valence-corrected chi connectivity index (χ3v) is 8.24. The van der Waals surface area contributed by atoms with E-state index in [4.69, 9.17) is 4.74 Å². The van der Waals surface area contributed by atoms with Crippen molar-refractivity contribution in [2.24, 2.45) is 0 Å². The topological polar surface area (TPSA) is 70.6 Å². The van der Waals surface area contributed by atoms with Crippen LogP contribution in [0.15, 0.2) is 42.5 Å². The molecule has 2 aromatic rings. The van der Waals surface area contributed by atoms with Gasteiger partial charge in [0.15, 0.2) is 0 Å². The Morgan fingerprint density at radius 2 is 1.67 bits per heavy atom. The first-order valence-electron chi connectivity index (χ1n) is 14.1. The van der Waals surface area contributed by atoms with Gasteiger partial charge in [0.1, 0.15) is 17.2 Å². The van der Waals surface area contributed by atoms with Gasteiger partial charge in [-0.3, -0.25) is 0 Å². The van der Waals surface area contributed by atoms with E-state index in [1.807, 2.05) is 0 Å². The van der Waals surface area contributed by atoms with Crippen molar-refractivity contribution in [2.75, 3.05) is 6.54 Å². The molecule has 0 aliphatic heterocycles. The molecule has 1 amide bonds. The summed E-state index contributed by atoms with van der Waals surface area (Å²) >= 11 is 0. The average Bonchev–Trinajstić information content (AvgIpc) is 3.56. The van der Waals surface area contributed by atoms with Crippen LogP contribution in [0.4, 0.5) is 13.6 Å². The number of ether oxygens (including phenoxy) is 1. The van der Waals surface area contributed by atoms with E-state index in [0.717, 1.165) is 31.7 Å². The number of benzene rings is 2. The van der Waals surface area contributed by atoms with Gasteiger partial charge in [0.05, 0.1) is 11.6 Å². The molecule has 0 saturated heterocycles. The van der Waals surface area contributed by atoms with Gasteiger partial charge in [-0.25, -0.2) is 13.6 Å². The molecule has 2 saturated carbocycles. The molecule has 5 nitrogen and oxygen atoms in total. The van der Waals surface area contributed by atoms with Crippen molar-refractivity contribution in [3.8, 4) is 0 Å². The van der Waals surface area contributed by atoms with Crippen molar-refractivity contribution in [3.63, 3.8) is 0 Å². The number of aliphatic hydroxyl groups is 1. The van der Waals surface area contributed by atoms with Gasteiger partial charge >= 0.3 is 6.09 Å². The molecular formula is C32H44F2N2O3. The Morgan fingerprint density at radius 1 is 1.03 bits per heavy atom. The molecule has 4 rings (SSSR count). The molecule has 7 heteroatoms. The van der Waals surface area contributed by atoms with Gasteiger partial charge in [-0.15, -0.1) is 0 Å². The smallest absolute Gasteiger partial charge is 0.408 e. The SMILES string of the molecule is CC(C)(C)OC(=O)N[C@]1([C@H](O)CNC2(c3cccc(C(C)(C)C)c3)CCCCC2)CC1c1cc(F)cc(F)c1.